The van der Waals surface area contributed by atoms with Crippen LogP contribution in [-0.2, 0) is 4.84 Å². The van der Waals surface area contributed by atoms with E-state index in [4.69, 9.17) is 10.6 Å². The maximum Gasteiger partial charge on any atom is 0.124 e. The van der Waals surface area contributed by atoms with Crippen LogP contribution in [-0.4, -0.2) is 37.5 Å². The number of nitrogens with one attached hydrogen (secondary N) is 1. The van der Waals surface area contributed by atoms with E-state index in [0.717, 1.165) is 26.2 Å². The zero-order valence-electron chi connectivity index (χ0n) is 6.34. The van der Waals surface area contributed by atoms with Gasteiger partial charge in [-0.05, 0) is 6.92 Å². The van der Waals surface area contributed by atoms with E-state index in [1.807, 2.05) is 12.0 Å². The molecule has 60 valence electrons. The average Bonchev–Trinajstić information content (AvgIpc) is 1.88. The van der Waals surface area contributed by atoms with E-state index in [-0.39, 0.29) is 6.23 Å². The highest BCUT2D eigenvalue weighted by atomic mass is 16.7. The monoisotopic (exact) mass is 145 g/mol. The van der Waals surface area contributed by atoms with Gasteiger partial charge in [-0.25, -0.2) is 0 Å². The first kappa shape index (κ1) is 7.94. The fraction of sp³-hybridized carbons (Fsp3) is 1.00. The molecule has 3 N–H and O–H groups in total. The van der Waals surface area contributed by atoms with Crippen molar-refractivity contribution >= 4 is 0 Å². The van der Waals surface area contributed by atoms with Crippen LogP contribution in [0.4, 0.5) is 0 Å². The van der Waals surface area contributed by atoms with Gasteiger partial charge in [0, 0.05) is 26.2 Å². The molecule has 0 radical (unpaired) electrons. The van der Waals surface area contributed by atoms with Crippen LogP contribution in [0.25, 0.3) is 0 Å². The molecule has 0 aliphatic carbocycles. The molecule has 1 heterocycles. The molecule has 0 aromatic rings. The Balaban J connectivity index is 2.13. The number of nitrogens with two attached hydrogens (primary N) is 1. The van der Waals surface area contributed by atoms with Crippen molar-refractivity contribution in [2.75, 3.05) is 26.2 Å². The van der Waals surface area contributed by atoms with Crippen molar-refractivity contribution in [3.8, 4) is 0 Å². The minimum absolute atomic E-state index is 0.182. The SMILES string of the molecule is CC(N)ON1CCNCC1. The van der Waals surface area contributed by atoms with Gasteiger partial charge in [-0.1, -0.05) is 0 Å². The first-order valence-electron chi connectivity index (χ1n) is 3.67. The molecule has 4 nitrogen and oxygen atoms in total. The fourth-order valence-electron chi connectivity index (χ4n) is 0.985. The minimum Gasteiger partial charge on any atom is -0.314 e. The summed E-state index contributed by atoms with van der Waals surface area (Å²) in [7, 11) is 0. The molecule has 0 amide bonds. The van der Waals surface area contributed by atoms with E-state index in [2.05, 4.69) is 5.32 Å². The summed E-state index contributed by atoms with van der Waals surface area (Å²) in [6.45, 7) is 5.69. The number of nitrogens with zero attached hydrogens (tertiary/aromatic N) is 1. The summed E-state index contributed by atoms with van der Waals surface area (Å²) in [6.07, 6.45) is -0.182. The minimum atomic E-state index is -0.182. The molecular formula is C6H15N3O. The zero-order chi connectivity index (χ0) is 7.40. The lowest BCUT2D eigenvalue weighted by Crippen LogP contribution is -2.45. The summed E-state index contributed by atoms with van der Waals surface area (Å²) in [5.41, 5.74) is 5.44. The van der Waals surface area contributed by atoms with E-state index in [9.17, 15) is 0 Å². The molecule has 1 aliphatic rings. The van der Waals surface area contributed by atoms with Crippen LogP contribution in [0.15, 0.2) is 0 Å². The molecule has 1 aliphatic heterocycles. The molecule has 1 unspecified atom stereocenters. The van der Waals surface area contributed by atoms with Crippen LogP contribution < -0.4 is 11.1 Å². The van der Waals surface area contributed by atoms with E-state index in [1.165, 1.54) is 0 Å². The maximum absolute atomic E-state index is 5.44. The van der Waals surface area contributed by atoms with Crippen molar-refractivity contribution in [1.82, 2.24) is 10.4 Å². The molecule has 0 spiro atoms. The predicted molar refractivity (Wildman–Crippen MR) is 39.2 cm³/mol. The predicted octanol–water partition coefficient (Wildman–Crippen LogP) is -0.872. The lowest BCUT2D eigenvalue weighted by Gasteiger charge is -2.27. The van der Waals surface area contributed by atoms with Gasteiger partial charge < -0.3 is 11.1 Å². The van der Waals surface area contributed by atoms with Gasteiger partial charge in [0.15, 0.2) is 0 Å². The first-order chi connectivity index (χ1) is 4.79. The zero-order valence-corrected chi connectivity index (χ0v) is 6.34. The number of rotatable bonds is 2. The number of hydroxylamine groups is 2. The number of hydrogen-bond donors (Lipinski definition) is 2. The Hall–Kier alpha value is -0.160. The lowest BCUT2D eigenvalue weighted by atomic mass is 10.4. The van der Waals surface area contributed by atoms with Crippen molar-refractivity contribution in [2.24, 2.45) is 5.73 Å². The Morgan fingerprint density at radius 1 is 1.50 bits per heavy atom. The summed E-state index contributed by atoms with van der Waals surface area (Å²) in [4.78, 5) is 5.26. The smallest absolute Gasteiger partial charge is 0.124 e. The van der Waals surface area contributed by atoms with Gasteiger partial charge >= 0.3 is 0 Å². The Kier molecular flexibility index (Phi) is 3.08. The highest BCUT2D eigenvalue weighted by Crippen LogP contribution is 1.94. The maximum atomic E-state index is 5.44. The fourth-order valence-corrected chi connectivity index (χ4v) is 0.985. The lowest BCUT2D eigenvalue weighted by molar-refractivity contribution is -0.195. The van der Waals surface area contributed by atoms with Crippen LogP contribution >= 0.6 is 0 Å². The summed E-state index contributed by atoms with van der Waals surface area (Å²) in [6, 6.07) is 0. The molecule has 10 heavy (non-hydrogen) atoms. The summed E-state index contributed by atoms with van der Waals surface area (Å²) >= 11 is 0. The topological polar surface area (TPSA) is 50.5 Å². The molecule has 4 heteroatoms. The molecule has 1 atom stereocenters. The van der Waals surface area contributed by atoms with Crippen LogP contribution in [0.5, 0.6) is 0 Å². The Labute approximate surface area is 61.3 Å². The van der Waals surface area contributed by atoms with Crippen LogP contribution in [0.3, 0.4) is 0 Å². The highest BCUT2D eigenvalue weighted by molar-refractivity contribution is 4.60. The highest BCUT2D eigenvalue weighted by Gasteiger charge is 2.10. The van der Waals surface area contributed by atoms with Crippen molar-refractivity contribution < 1.29 is 4.84 Å². The van der Waals surface area contributed by atoms with E-state index >= 15 is 0 Å². The molecule has 1 fully saturated rings. The van der Waals surface area contributed by atoms with Crippen LogP contribution in [0, 0.1) is 0 Å². The van der Waals surface area contributed by atoms with Crippen LogP contribution in [0.1, 0.15) is 6.92 Å². The van der Waals surface area contributed by atoms with Gasteiger partial charge in [0.05, 0.1) is 0 Å². The molecule has 1 rings (SSSR count). The second-order valence-corrected chi connectivity index (χ2v) is 2.49. The van der Waals surface area contributed by atoms with Crippen molar-refractivity contribution in [1.29, 1.82) is 0 Å². The number of piperazine rings is 1. The van der Waals surface area contributed by atoms with Crippen molar-refractivity contribution in [3.63, 3.8) is 0 Å². The Morgan fingerprint density at radius 3 is 2.60 bits per heavy atom. The third-order valence-corrected chi connectivity index (χ3v) is 1.39. The van der Waals surface area contributed by atoms with Gasteiger partial charge in [-0.3, -0.25) is 4.84 Å². The molecule has 0 aromatic heterocycles. The van der Waals surface area contributed by atoms with Gasteiger partial charge in [-0.2, -0.15) is 5.06 Å². The van der Waals surface area contributed by atoms with E-state index < -0.39 is 0 Å². The first-order valence-corrected chi connectivity index (χ1v) is 3.67. The quantitative estimate of drug-likeness (QED) is 0.496. The number of hydrogen-bond acceptors (Lipinski definition) is 4. The molecule has 0 saturated carbocycles. The largest absolute Gasteiger partial charge is 0.314 e. The second-order valence-electron chi connectivity index (χ2n) is 2.49. The van der Waals surface area contributed by atoms with Crippen molar-refractivity contribution in [3.05, 3.63) is 0 Å². The molecular weight excluding hydrogens is 130 g/mol. The Bertz CT molecular complexity index is 91.0. The Morgan fingerprint density at radius 2 is 2.10 bits per heavy atom. The van der Waals surface area contributed by atoms with Gasteiger partial charge in [0.1, 0.15) is 6.23 Å². The second kappa shape index (κ2) is 3.88. The summed E-state index contributed by atoms with van der Waals surface area (Å²) in [5, 5.41) is 5.13. The van der Waals surface area contributed by atoms with Gasteiger partial charge in [0.2, 0.25) is 0 Å². The third-order valence-electron chi connectivity index (χ3n) is 1.39. The van der Waals surface area contributed by atoms with Gasteiger partial charge in [0.25, 0.3) is 0 Å². The normalized spacial score (nSPS) is 24.6. The molecule has 1 saturated heterocycles. The summed E-state index contributed by atoms with van der Waals surface area (Å²) in [5.74, 6) is 0. The van der Waals surface area contributed by atoms with Crippen LogP contribution in [0.2, 0.25) is 0 Å². The third kappa shape index (κ3) is 2.62. The van der Waals surface area contributed by atoms with Crippen molar-refractivity contribution in [2.45, 2.75) is 13.2 Å². The summed E-state index contributed by atoms with van der Waals surface area (Å²) < 4.78 is 0. The standard InChI is InChI=1S/C6H15N3O/c1-6(7)10-9-4-2-8-3-5-9/h6,8H,2-5,7H2,1H3. The average molecular weight is 145 g/mol. The van der Waals surface area contributed by atoms with E-state index in [0.29, 0.717) is 0 Å². The molecule has 0 aromatic carbocycles. The molecule has 0 bridgehead atoms. The van der Waals surface area contributed by atoms with Gasteiger partial charge in [-0.15, -0.1) is 0 Å². The van der Waals surface area contributed by atoms with E-state index in [1.54, 1.807) is 0 Å².